The Balaban J connectivity index is 2.64. The first-order valence-corrected chi connectivity index (χ1v) is 5.10. The predicted octanol–water partition coefficient (Wildman–Crippen LogP) is 2.27. The van der Waals surface area contributed by atoms with Crippen LogP contribution < -0.4 is 0 Å². The highest BCUT2D eigenvalue weighted by molar-refractivity contribution is 5.60. The topological polar surface area (TPSA) is 26.3 Å². The van der Waals surface area contributed by atoms with Gasteiger partial charge in [0.05, 0.1) is 0 Å². The Hall–Kier alpha value is -0.370. The molecule has 13 heavy (non-hydrogen) atoms. The largest absolute Gasteiger partial charge is 0.384 e. The summed E-state index contributed by atoms with van der Waals surface area (Å²) in [5, 5.41) is 0. The lowest BCUT2D eigenvalue weighted by Gasteiger charge is -2.29. The Morgan fingerprint density at radius 2 is 2.38 bits per heavy atom. The van der Waals surface area contributed by atoms with Gasteiger partial charge < -0.3 is 9.53 Å². The van der Waals surface area contributed by atoms with Crippen molar-refractivity contribution in [1.82, 2.24) is 0 Å². The fourth-order valence-electron chi connectivity index (χ4n) is 2.45. The Kier molecular flexibility index (Phi) is 3.48. The first kappa shape index (κ1) is 10.7. The summed E-state index contributed by atoms with van der Waals surface area (Å²) in [6, 6.07) is 0. The van der Waals surface area contributed by atoms with Crippen LogP contribution in [0.4, 0.5) is 0 Å². The number of hydrogen-bond donors (Lipinski definition) is 0. The van der Waals surface area contributed by atoms with Crippen molar-refractivity contribution in [1.29, 1.82) is 0 Å². The van der Waals surface area contributed by atoms with E-state index in [-0.39, 0.29) is 5.41 Å². The maximum atomic E-state index is 11.1. The van der Waals surface area contributed by atoms with Gasteiger partial charge in [-0.2, -0.15) is 0 Å². The van der Waals surface area contributed by atoms with E-state index in [1.807, 2.05) is 0 Å². The molecule has 1 fully saturated rings. The Labute approximate surface area is 80.7 Å². The lowest BCUT2D eigenvalue weighted by Crippen LogP contribution is -2.30. The van der Waals surface area contributed by atoms with Crippen molar-refractivity contribution in [2.24, 2.45) is 17.3 Å². The fraction of sp³-hybridized carbons (Fsp3) is 0.909. The lowest BCUT2D eigenvalue weighted by atomic mass is 9.76. The summed E-state index contributed by atoms with van der Waals surface area (Å²) >= 11 is 0. The minimum absolute atomic E-state index is 0.0879. The average molecular weight is 184 g/mol. The Morgan fingerprint density at radius 1 is 1.69 bits per heavy atom. The third-order valence-electron chi connectivity index (χ3n) is 3.46. The molecule has 0 heterocycles. The predicted molar refractivity (Wildman–Crippen MR) is 52.6 cm³/mol. The molecule has 0 aromatic heterocycles. The molecule has 0 radical (unpaired) electrons. The Bertz CT molecular complexity index is 179. The van der Waals surface area contributed by atoms with Crippen LogP contribution in [0, 0.1) is 17.3 Å². The van der Waals surface area contributed by atoms with Crippen molar-refractivity contribution >= 4 is 6.29 Å². The van der Waals surface area contributed by atoms with Crippen LogP contribution in [0.25, 0.3) is 0 Å². The van der Waals surface area contributed by atoms with Gasteiger partial charge in [0.1, 0.15) is 6.29 Å². The van der Waals surface area contributed by atoms with E-state index in [4.69, 9.17) is 4.74 Å². The van der Waals surface area contributed by atoms with Gasteiger partial charge in [-0.1, -0.05) is 13.8 Å². The molecule has 0 aliphatic heterocycles. The molecule has 0 saturated heterocycles. The van der Waals surface area contributed by atoms with Crippen molar-refractivity contribution in [2.75, 3.05) is 13.7 Å². The molecule has 0 bridgehead atoms. The van der Waals surface area contributed by atoms with Crippen LogP contribution in [0.2, 0.25) is 0 Å². The molecule has 2 nitrogen and oxygen atoms in total. The molecule has 0 aromatic carbocycles. The lowest BCUT2D eigenvalue weighted by molar-refractivity contribution is -0.119. The molecule has 1 rings (SSSR count). The molecule has 0 amide bonds. The quantitative estimate of drug-likeness (QED) is 0.626. The van der Waals surface area contributed by atoms with Crippen LogP contribution >= 0.6 is 0 Å². The zero-order valence-electron chi connectivity index (χ0n) is 8.88. The van der Waals surface area contributed by atoms with E-state index in [1.165, 1.54) is 12.7 Å². The van der Waals surface area contributed by atoms with E-state index >= 15 is 0 Å². The highest BCUT2D eigenvalue weighted by Crippen LogP contribution is 2.45. The summed E-state index contributed by atoms with van der Waals surface area (Å²) in [7, 11) is 1.70. The second kappa shape index (κ2) is 4.23. The Morgan fingerprint density at radius 3 is 2.77 bits per heavy atom. The number of carbonyl (C=O) groups is 1. The molecule has 3 unspecified atom stereocenters. The normalized spacial score (nSPS) is 36.1. The van der Waals surface area contributed by atoms with Gasteiger partial charge >= 0.3 is 0 Å². The van der Waals surface area contributed by atoms with Gasteiger partial charge in [-0.05, 0) is 31.1 Å². The van der Waals surface area contributed by atoms with Gasteiger partial charge in [-0.25, -0.2) is 0 Å². The minimum atomic E-state index is -0.0879. The number of aldehydes is 1. The van der Waals surface area contributed by atoms with Gasteiger partial charge in [0.2, 0.25) is 0 Å². The van der Waals surface area contributed by atoms with Crippen molar-refractivity contribution in [2.45, 2.75) is 33.1 Å². The summed E-state index contributed by atoms with van der Waals surface area (Å²) < 4.78 is 5.12. The second-order valence-electron chi connectivity index (χ2n) is 4.56. The van der Waals surface area contributed by atoms with E-state index in [2.05, 4.69) is 13.8 Å². The summed E-state index contributed by atoms with van der Waals surface area (Å²) in [6.07, 6.45) is 4.44. The monoisotopic (exact) mass is 184 g/mol. The van der Waals surface area contributed by atoms with E-state index in [9.17, 15) is 4.79 Å². The summed E-state index contributed by atoms with van der Waals surface area (Å²) in [6.45, 7) is 5.05. The van der Waals surface area contributed by atoms with Crippen molar-refractivity contribution in [3.8, 4) is 0 Å². The number of carbonyl (C=O) groups excluding carboxylic acids is 1. The molecular formula is C11H20O2. The molecule has 0 aromatic rings. The van der Waals surface area contributed by atoms with Crippen molar-refractivity contribution < 1.29 is 9.53 Å². The average Bonchev–Trinajstić information content (AvgIpc) is 2.49. The highest BCUT2D eigenvalue weighted by atomic mass is 16.5. The van der Waals surface area contributed by atoms with Gasteiger partial charge in [0.15, 0.2) is 0 Å². The van der Waals surface area contributed by atoms with Crippen LogP contribution in [-0.2, 0) is 9.53 Å². The first-order valence-electron chi connectivity index (χ1n) is 5.10. The van der Waals surface area contributed by atoms with Crippen LogP contribution in [0.15, 0.2) is 0 Å². The molecule has 1 aliphatic rings. The molecule has 0 N–H and O–H groups in total. The summed E-state index contributed by atoms with van der Waals surface area (Å²) in [5.41, 5.74) is -0.0879. The molecule has 2 heteroatoms. The number of ether oxygens (including phenoxy) is 1. The number of rotatable bonds is 4. The van der Waals surface area contributed by atoms with Crippen molar-refractivity contribution in [3.63, 3.8) is 0 Å². The minimum Gasteiger partial charge on any atom is -0.384 e. The van der Waals surface area contributed by atoms with Gasteiger partial charge in [0, 0.05) is 19.1 Å². The van der Waals surface area contributed by atoms with E-state index in [1.54, 1.807) is 7.11 Å². The zero-order valence-corrected chi connectivity index (χ0v) is 8.88. The van der Waals surface area contributed by atoms with Crippen LogP contribution in [-0.4, -0.2) is 20.0 Å². The molecule has 0 spiro atoms. The fourth-order valence-corrected chi connectivity index (χ4v) is 2.45. The first-order chi connectivity index (χ1) is 6.14. The SMILES string of the molecule is COCC(C)C1(C=O)CCC(C)C1. The van der Waals surface area contributed by atoms with Gasteiger partial charge in [-0.15, -0.1) is 0 Å². The third kappa shape index (κ3) is 2.11. The third-order valence-corrected chi connectivity index (χ3v) is 3.46. The maximum absolute atomic E-state index is 11.1. The van der Waals surface area contributed by atoms with E-state index in [0.29, 0.717) is 18.4 Å². The number of methoxy groups -OCH3 is 1. The molecule has 76 valence electrons. The molecular weight excluding hydrogens is 164 g/mol. The standard InChI is InChI=1S/C11H20O2/c1-9-4-5-11(6-9,8-12)10(2)7-13-3/h8-10H,4-7H2,1-3H3. The van der Waals surface area contributed by atoms with Crippen LogP contribution in [0.3, 0.4) is 0 Å². The van der Waals surface area contributed by atoms with Crippen LogP contribution in [0.5, 0.6) is 0 Å². The summed E-state index contributed by atoms with van der Waals surface area (Å²) in [5.74, 6) is 1.06. The van der Waals surface area contributed by atoms with E-state index < -0.39 is 0 Å². The highest BCUT2D eigenvalue weighted by Gasteiger charge is 2.41. The van der Waals surface area contributed by atoms with Gasteiger partial charge in [-0.3, -0.25) is 0 Å². The molecule has 3 atom stereocenters. The van der Waals surface area contributed by atoms with Gasteiger partial charge in [0.25, 0.3) is 0 Å². The van der Waals surface area contributed by atoms with Crippen molar-refractivity contribution in [3.05, 3.63) is 0 Å². The molecule has 1 saturated carbocycles. The smallest absolute Gasteiger partial charge is 0.126 e. The van der Waals surface area contributed by atoms with Crippen LogP contribution in [0.1, 0.15) is 33.1 Å². The zero-order chi connectivity index (χ0) is 9.90. The summed E-state index contributed by atoms with van der Waals surface area (Å²) in [4.78, 5) is 11.1. The maximum Gasteiger partial charge on any atom is 0.126 e. The number of hydrogen-bond acceptors (Lipinski definition) is 2. The van der Waals surface area contributed by atoms with E-state index in [0.717, 1.165) is 12.8 Å². The molecule has 1 aliphatic carbocycles. The second-order valence-corrected chi connectivity index (χ2v) is 4.56.